The lowest BCUT2D eigenvalue weighted by atomic mass is 10.2. The van der Waals surface area contributed by atoms with E-state index >= 15 is 0 Å². The molecule has 0 spiro atoms. The lowest BCUT2D eigenvalue weighted by Gasteiger charge is -2.07. The van der Waals surface area contributed by atoms with Crippen molar-refractivity contribution in [3.63, 3.8) is 0 Å². The number of nitrogens with zero attached hydrogens (tertiary/aromatic N) is 2. The number of thioether (sulfide) groups is 2. The van der Waals surface area contributed by atoms with Gasteiger partial charge in [-0.1, -0.05) is 64.2 Å². The Morgan fingerprint density at radius 1 is 0.893 bits per heavy atom. The highest BCUT2D eigenvalue weighted by Crippen LogP contribution is 2.29. The van der Waals surface area contributed by atoms with Gasteiger partial charge in [-0.15, -0.1) is 22.0 Å². The molecule has 0 atom stereocenters. The van der Waals surface area contributed by atoms with Gasteiger partial charge >= 0.3 is 0 Å². The fraction of sp³-hybridized carbons (Fsp3) is 0.222. The van der Waals surface area contributed by atoms with Gasteiger partial charge in [0.25, 0.3) is 5.22 Å². The Bertz CT molecular complexity index is 940. The molecule has 0 fully saturated rings. The molecule has 0 unspecified atom stereocenters. The third-order valence-corrected chi connectivity index (χ3v) is 6.31. The fourth-order valence-corrected chi connectivity index (χ4v) is 4.53. The van der Waals surface area contributed by atoms with Crippen molar-refractivity contribution in [3.05, 3.63) is 67.9 Å². The molecule has 28 heavy (non-hydrogen) atoms. The van der Waals surface area contributed by atoms with E-state index in [9.17, 15) is 0 Å². The highest BCUT2D eigenvalue weighted by molar-refractivity contribution is 7.98. The molecule has 10 heteroatoms. The van der Waals surface area contributed by atoms with Gasteiger partial charge in [0.05, 0.1) is 17.4 Å². The minimum absolute atomic E-state index is 0.497. The highest BCUT2D eigenvalue weighted by atomic mass is 35.5. The molecule has 1 heterocycles. The van der Waals surface area contributed by atoms with Gasteiger partial charge in [0.2, 0.25) is 5.89 Å². The molecule has 3 rings (SSSR count). The van der Waals surface area contributed by atoms with Gasteiger partial charge in [-0.3, -0.25) is 0 Å². The number of ether oxygens (including phenoxy) is 1. The summed E-state index contributed by atoms with van der Waals surface area (Å²) in [6, 6.07) is 10.6. The maximum absolute atomic E-state index is 6.17. The molecule has 0 radical (unpaired) electrons. The molecule has 0 saturated heterocycles. The Balaban J connectivity index is 1.38. The van der Waals surface area contributed by atoms with Crippen LogP contribution in [0.4, 0.5) is 0 Å². The monoisotopic (exact) mass is 494 g/mol. The lowest BCUT2D eigenvalue weighted by Crippen LogP contribution is -2.01. The zero-order valence-electron chi connectivity index (χ0n) is 14.3. The van der Waals surface area contributed by atoms with Crippen molar-refractivity contribution >= 4 is 69.9 Å². The normalized spacial score (nSPS) is 11.0. The molecule has 2 aromatic carbocycles. The molecule has 0 amide bonds. The summed E-state index contributed by atoms with van der Waals surface area (Å²) in [5.41, 5.74) is 0.961. The van der Waals surface area contributed by atoms with Crippen LogP contribution in [0.25, 0.3) is 0 Å². The van der Waals surface area contributed by atoms with Crippen molar-refractivity contribution in [3.8, 4) is 5.75 Å². The number of halogens is 4. The fourth-order valence-electron chi connectivity index (χ4n) is 2.10. The van der Waals surface area contributed by atoms with Crippen LogP contribution in [-0.4, -0.2) is 22.6 Å². The summed E-state index contributed by atoms with van der Waals surface area (Å²) >= 11 is 27.1. The Morgan fingerprint density at radius 2 is 1.64 bits per heavy atom. The van der Waals surface area contributed by atoms with E-state index in [1.165, 1.54) is 11.8 Å². The minimum Gasteiger partial charge on any atom is -0.491 e. The van der Waals surface area contributed by atoms with Gasteiger partial charge in [0.15, 0.2) is 0 Å². The van der Waals surface area contributed by atoms with Gasteiger partial charge in [-0.05, 0) is 35.9 Å². The summed E-state index contributed by atoms with van der Waals surface area (Å²) < 4.78 is 11.3. The molecule has 0 aliphatic carbocycles. The van der Waals surface area contributed by atoms with Gasteiger partial charge < -0.3 is 9.15 Å². The summed E-state index contributed by atoms with van der Waals surface area (Å²) in [4.78, 5) is 0. The van der Waals surface area contributed by atoms with Crippen LogP contribution in [0.1, 0.15) is 11.5 Å². The average molecular weight is 496 g/mol. The van der Waals surface area contributed by atoms with Crippen molar-refractivity contribution < 1.29 is 9.15 Å². The Morgan fingerprint density at radius 3 is 2.39 bits per heavy atom. The standard InChI is InChI=1S/C18H14Cl4N2O2S2/c19-12-2-1-11(14(21)7-12)9-28-18-24-23-17(26-18)10-27-6-5-25-16-4-3-13(20)8-15(16)22/h1-4,7-8H,5-6,9-10H2. The van der Waals surface area contributed by atoms with Crippen molar-refractivity contribution in [2.24, 2.45) is 0 Å². The van der Waals surface area contributed by atoms with Crippen molar-refractivity contribution in [2.45, 2.75) is 16.7 Å². The molecule has 148 valence electrons. The first-order chi connectivity index (χ1) is 13.5. The second kappa shape index (κ2) is 10.9. The summed E-state index contributed by atoms with van der Waals surface area (Å²) in [6.45, 7) is 0.511. The number of hydrogen-bond donors (Lipinski definition) is 0. The molecule has 0 aliphatic rings. The van der Waals surface area contributed by atoms with Crippen LogP contribution in [0.2, 0.25) is 20.1 Å². The smallest absolute Gasteiger partial charge is 0.276 e. The van der Waals surface area contributed by atoms with Crippen molar-refractivity contribution in [1.29, 1.82) is 0 Å². The largest absolute Gasteiger partial charge is 0.491 e. The molecule has 0 N–H and O–H groups in total. The van der Waals surface area contributed by atoms with E-state index in [0.717, 1.165) is 11.3 Å². The molecular weight excluding hydrogens is 482 g/mol. The summed E-state index contributed by atoms with van der Waals surface area (Å²) in [5.74, 6) is 3.17. The zero-order valence-corrected chi connectivity index (χ0v) is 19.0. The van der Waals surface area contributed by atoms with Crippen molar-refractivity contribution in [1.82, 2.24) is 10.2 Å². The van der Waals surface area contributed by atoms with Gasteiger partial charge in [0, 0.05) is 26.6 Å². The number of benzene rings is 2. The maximum atomic E-state index is 6.17. The first-order valence-electron chi connectivity index (χ1n) is 8.06. The van der Waals surface area contributed by atoms with E-state index in [1.807, 2.05) is 6.07 Å². The van der Waals surface area contributed by atoms with E-state index in [1.54, 1.807) is 42.1 Å². The zero-order chi connectivity index (χ0) is 19.9. The Hall–Kier alpha value is -0.760. The summed E-state index contributed by atoms with van der Waals surface area (Å²) in [7, 11) is 0. The van der Waals surface area contributed by atoms with Crippen LogP contribution in [-0.2, 0) is 11.5 Å². The van der Waals surface area contributed by atoms with Crippen LogP contribution in [0.15, 0.2) is 46.0 Å². The van der Waals surface area contributed by atoms with Gasteiger partial charge in [0.1, 0.15) is 5.75 Å². The molecule has 0 bridgehead atoms. The van der Waals surface area contributed by atoms with Crippen LogP contribution in [0.5, 0.6) is 5.75 Å². The van der Waals surface area contributed by atoms with Gasteiger partial charge in [-0.25, -0.2) is 0 Å². The molecule has 3 aromatic rings. The van der Waals surface area contributed by atoms with E-state index in [2.05, 4.69) is 10.2 Å². The van der Waals surface area contributed by atoms with E-state index in [-0.39, 0.29) is 0 Å². The molecule has 1 aromatic heterocycles. The minimum atomic E-state index is 0.497. The lowest BCUT2D eigenvalue weighted by molar-refractivity contribution is 0.344. The van der Waals surface area contributed by atoms with Crippen LogP contribution >= 0.6 is 69.9 Å². The molecular formula is C18H14Cl4N2O2S2. The predicted octanol–water partition coefficient (Wildman–Crippen LogP) is 7.29. The Labute approximate surface area is 191 Å². The topological polar surface area (TPSA) is 48.2 Å². The quantitative estimate of drug-likeness (QED) is 0.229. The van der Waals surface area contributed by atoms with E-state index in [4.69, 9.17) is 55.6 Å². The molecule has 0 saturated carbocycles. The first-order valence-corrected chi connectivity index (χ1v) is 11.7. The summed E-state index contributed by atoms with van der Waals surface area (Å²) in [5, 5.41) is 10.9. The molecule has 4 nitrogen and oxygen atoms in total. The predicted molar refractivity (Wildman–Crippen MR) is 118 cm³/mol. The second-order valence-electron chi connectivity index (χ2n) is 5.46. The molecule has 0 aliphatic heterocycles. The van der Waals surface area contributed by atoms with Crippen LogP contribution in [0, 0.1) is 0 Å². The number of hydrogen-bond acceptors (Lipinski definition) is 6. The number of aromatic nitrogens is 2. The van der Waals surface area contributed by atoms with Gasteiger partial charge in [-0.2, -0.15) is 0 Å². The van der Waals surface area contributed by atoms with E-state index in [0.29, 0.717) is 55.1 Å². The second-order valence-corrected chi connectivity index (χ2v) is 9.18. The van der Waals surface area contributed by atoms with Crippen molar-refractivity contribution in [2.75, 3.05) is 12.4 Å². The summed E-state index contributed by atoms with van der Waals surface area (Å²) in [6.07, 6.45) is 0. The Kier molecular flexibility index (Phi) is 8.51. The number of rotatable bonds is 9. The van der Waals surface area contributed by atoms with E-state index < -0.39 is 0 Å². The SMILES string of the molecule is Clc1ccc(CSc2nnc(CSCCOc3ccc(Cl)cc3Cl)o2)c(Cl)c1. The highest BCUT2D eigenvalue weighted by Gasteiger charge is 2.09. The van der Waals surface area contributed by atoms with Crippen LogP contribution in [0.3, 0.4) is 0 Å². The average Bonchev–Trinajstić information content (AvgIpc) is 3.10. The maximum Gasteiger partial charge on any atom is 0.276 e. The third kappa shape index (κ3) is 6.65. The third-order valence-electron chi connectivity index (χ3n) is 3.42. The first kappa shape index (κ1) is 21.9. The van der Waals surface area contributed by atoms with Crippen LogP contribution < -0.4 is 4.74 Å².